The Morgan fingerprint density at radius 2 is 1.75 bits per heavy atom. The number of benzene rings is 2. The molecule has 0 spiro atoms. The van der Waals surface area contributed by atoms with Gasteiger partial charge in [-0.05, 0) is 18.2 Å². The van der Waals surface area contributed by atoms with E-state index in [1.54, 1.807) is 30.3 Å². The average Bonchev–Trinajstić information content (AvgIpc) is 3.08. The van der Waals surface area contributed by atoms with Crippen LogP contribution >= 0.6 is 0 Å². The second kappa shape index (κ2) is 6.49. The Bertz CT molecular complexity index is 863. The first-order valence-electron chi connectivity index (χ1n) is 7.11. The number of aromatic nitrogens is 1. The molecule has 0 radical (unpaired) electrons. The molecule has 7 heteroatoms. The van der Waals surface area contributed by atoms with E-state index in [-0.39, 0.29) is 5.91 Å². The molecule has 1 amide bonds. The molecule has 1 N–H and O–H groups in total. The van der Waals surface area contributed by atoms with E-state index in [2.05, 4.69) is 10.3 Å². The summed E-state index contributed by atoms with van der Waals surface area (Å²) in [5, 5.41) is 2.80. The van der Waals surface area contributed by atoms with Crippen molar-refractivity contribution in [3.05, 3.63) is 42.3 Å². The maximum absolute atomic E-state index is 12.4. The van der Waals surface area contributed by atoms with Crippen LogP contribution in [-0.4, -0.2) is 32.2 Å². The van der Waals surface area contributed by atoms with Gasteiger partial charge in [0.2, 0.25) is 5.75 Å². The predicted molar refractivity (Wildman–Crippen MR) is 88.1 cm³/mol. The number of carbonyl (C=O) groups is 1. The van der Waals surface area contributed by atoms with E-state index in [0.717, 1.165) is 0 Å². The topological polar surface area (TPSA) is 82.8 Å². The van der Waals surface area contributed by atoms with Gasteiger partial charge in [0.1, 0.15) is 5.52 Å². The molecule has 3 aromatic rings. The van der Waals surface area contributed by atoms with E-state index in [0.29, 0.717) is 39.6 Å². The highest BCUT2D eigenvalue weighted by Gasteiger charge is 2.15. The van der Waals surface area contributed by atoms with Crippen molar-refractivity contribution in [2.24, 2.45) is 0 Å². The largest absolute Gasteiger partial charge is 0.493 e. The Morgan fingerprint density at radius 1 is 1.04 bits per heavy atom. The van der Waals surface area contributed by atoms with Crippen LogP contribution in [0, 0.1) is 0 Å². The first-order chi connectivity index (χ1) is 11.7. The minimum absolute atomic E-state index is 0.289. The summed E-state index contributed by atoms with van der Waals surface area (Å²) < 4.78 is 21.0. The van der Waals surface area contributed by atoms with Crippen LogP contribution in [0.3, 0.4) is 0 Å². The number of hydrogen-bond acceptors (Lipinski definition) is 6. The third-order valence-corrected chi connectivity index (χ3v) is 3.52. The molecular weight excluding hydrogens is 312 g/mol. The smallest absolute Gasteiger partial charge is 0.255 e. The van der Waals surface area contributed by atoms with Crippen molar-refractivity contribution in [2.75, 3.05) is 26.6 Å². The number of nitrogens with one attached hydrogen (secondary N) is 1. The van der Waals surface area contributed by atoms with Crippen LogP contribution in [0.2, 0.25) is 0 Å². The van der Waals surface area contributed by atoms with Crippen molar-refractivity contribution in [1.82, 2.24) is 4.98 Å². The highest BCUT2D eigenvalue weighted by Crippen LogP contribution is 2.40. The van der Waals surface area contributed by atoms with Crippen LogP contribution in [0.5, 0.6) is 17.2 Å². The number of fused-ring (bicyclic) bond motifs is 1. The first-order valence-corrected chi connectivity index (χ1v) is 7.11. The quantitative estimate of drug-likeness (QED) is 0.775. The van der Waals surface area contributed by atoms with E-state index in [1.165, 1.54) is 27.7 Å². The number of amides is 1. The first kappa shape index (κ1) is 15.7. The van der Waals surface area contributed by atoms with Gasteiger partial charge in [-0.2, -0.15) is 0 Å². The minimum atomic E-state index is -0.289. The molecule has 0 fully saturated rings. The van der Waals surface area contributed by atoms with Crippen LogP contribution in [0.25, 0.3) is 11.1 Å². The van der Waals surface area contributed by atoms with E-state index in [9.17, 15) is 4.79 Å². The van der Waals surface area contributed by atoms with Gasteiger partial charge in [0, 0.05) is 23.4 Å². The molecule has 0 aliphatic heterocycles. The van der Waals surface area contributed by atoms with Crippen LogP contribution < -0.4 is 19.5 Å². The van der Waals surface area contributed by atoms with Crippen molar-refractivity contribution in [3.63, 3.8) is 0 Å². The van der Waals surface area contributed by atoms with E-state index in [4.69, 9.17) is 18.6 Å². The number of methoxy groups -OCH3 is 3. The molecule has 0 saturated carbocycles. The third-order valence-electron chi connectivity index (χ3n) is 3.52. The molecule has 24 heavy (non-hydrogen) atoms. The van der Waals surface area contributed by atoms with Crippen molar-refractivity contribution in [3.8, 4) is 17.2 Å². The molecule has 0 unspecified atom stereocenters. The summed E-state index contributed by atoms with van der Waals surface area (Å²) in [6, 6.07) is 8.36. The van der Waals surface area contributed by atoms with Gasteiger partial charge in [0.15, 0.2) is 23.5 Å². The molecule has 7 nitrogen and oxygen atoms in total. The number of anilines is 1. The fourth-order valence-electron chi connectivity index (χ4n) is 2.35. The van der Waals surface area contributed by atoms with Crippen LogP contribution in [0.15, 0.2) is 41.1 Å². The summed E-state index contributed by atoms with van der Waals surface area (Å²) in [5.41, 5.74) is 2.21. The standard InChI is InChI=1S/C17H16N2O5/c1-21-14-7-11(8-15(22-2)16(14)23-3)19-17(20)10-4-5-12-13(6-10)24-9-18-12/h4-9H,1-3H3,(H,19,20). The predicted octanol–water partition coefficient (Wildman–Crippen LogP) is 3.11. The number of oxazole rings is 1. The maximum atomic E-state index is 12.4. The molecule has 0 aliphatic carbocycles. The zero-order valence-electron chi connectivity index (χ0n) is 13.5. The normalized spacial score (nSPS) is 10.5. The fraction of sp³-hybridized carbons (Fsp3) is 0.176. The molecule has 0 bridgehead atoms. The average molecular weight is 328 g/mol. The Balaban J connectivity index is 1.90. The summed E-state index contributed by atoms with van der Waals surface area (Å²) in [6.45, 7) is 0. The Morgan fingerprint density at radius 3 is 2.38 bits per heavy atom. The van der Waals surface area contributed by atoms with Gasteiger partial charge in [-0.1, -0.05) is 0 Å². The molecule has 0 aliphatic rings. The van der Waals surface area contributed by atoms with Crippen LogP contribution in [-0.2, 0) is 0 Å². The molecule has 0 atom stereocenters. The van der Waals surface area contributed by atoms with Gasteiger partial charge in [-0.3, -0.25) is 4.79 Å². The second-order valence-corrected chi connectivity index (χ2v) is 4.90. The van der Waals surface area contributed by atoms with E-state index in [1.807, 2.05) is 0 Å². The van der Waals surface area contributed by atoms with Crippen LogP contribution in [0.1, 0.15) is 10.4 Å². The maximum Gasteiger partial charge on any atom is 0.255 e. The molecule has 3 rings (SSSR count). The fourth-order valence-corrected chi connectivity index (χ4v) is 2.35. The summed E-state index contributed by atoms with van der Waals surface area (Å²) >= 11 is 0. The van der Waals surface area contributed by atoms with Crippen molar-refractivity contribution in [2.45, 2.75) is 0 Å². The number of hydrogen-bond donors (Lipinski definition) is 1. The molecular formula is C17H16N2O5. The highest BCUT2D eigenvalue weighted by molar-refractivity contribution is 6.06. The van der Waals surface area contributed by atoms with E-state index >= 15 is 0 Å². The lowest BCUT2D eigenvalue weighted by Crippen LogP contribution is -2.12. The number of carbonyl (C=O) groups excluding carboxylic acids is 1. The lowest BCUT2D eigenvalue weighted by molar-refractivity contribution is 0.102. The molecule has 1 heterocycles. The second-order valence-electron chi connectivity index (χ2n) is 4.90. The van der Waals surface area contributed by atoms with Gasteiger partial charge in [0.05, 0.1) is 21.3 Å². The summed E-state index contributed by atoms with van der Waals surface area (Å²) in [5.74, 6) is 1.08. The monoisotopic (exact) mass is 328 g/mol. The zero-order chi connectivity index (χ0) is 17.1. The van der Waals surface area contributed by atoms with E-state index < -0.39 is 0 Å². The third kappa shape index (κ3) is 2.83. The van der Waals surface area contributed by atoms with Gasteiger partial charge >= 0.3 is 0 Å². The van der Waals surface area contributed by atoms with Crippen molar-refractivity contribution in [1.29, 1.82) is 0 Å². The van der Waals surface area contributed by atoms with Crippen molar-refractivity contribution >= 4 is 22.7 Å². The summed E-state index contributed by atoms with van der Waals surface area (Å²) in [7, 11) is 4.55. The molecule has 124 valence electrons. The Kier molecular flexibility index (Phi) is 4.24. The van der Waals surface area contributed by atoms with Gasteiger partial charge in [-0.15, -0.1) is 0 Å². The lowest BCUT2D eigenvalue weighted by atomic mass is 10.2. The molecule has 1 aromatic heterocycles. The molecule has 0 saturated heterocycles. The zero-order valence-corrected chi connectivity index (χ0v) is 13.5. The van der Waals surface area contributed by atoms with Crippen molar-refractivity contribution < 1.29 is 23.4 Å². The van der Waals surface area contributed by atoms with Gasteiger partial charge in [0.25, 0.3) is 5.91 Å². The number of ether oxygens (including phenoxy) is 3. The number of rotatable bonds is 5. The Hall–Kier alpha value is -3.22. The summed E-state index contributed by atoms with van der Waals surface area (Å²) in [4.78, 5) is 16.5. The molecule has 2 aromatic carbocycles. The lowest BCUT2D eigenvalue weighted by Gasteiger charge is -2.14. The van der Waals surface area contributed by atoms with Gasteiger partial charge < -0.3 is 23.9 Å². The SMILES string of the molecule is COc1cc(NC(=O)c2ccc3ncoc3c2)cc(OC)c1OC. The number of nitrogens with zero attached hydrogens (tertiary/aromatic N) is 1. The van der Waals surface area contributed by atoms with Gasteiger partial charge in [-0.25, -0.2) is 4.98 Å². The van der Waals surface area contributed by atoms with Crippen LogP contribution in [0.4, 0.5) is 5.69 Å². The summed E-state index contributed by atoms with van der Waals surface area (Å²) in [6.07, 6.45) is 1.34. The Labute approximate surface area is 138 Å². The highest BCUT2D eigenvalue weighted by atomic mass is 16.5. The minimum Gasteiger partial charge on any atom is -0.493 e.